The maximum absolute atomic E-state index is 13.3. The van der Waals surface area contributed by atoms with Crippen LogP contribution >= 0.6 is 15.9 Å². The van der Waals surface area contributed by atoms with E-state index in [4.69, 9.17) is 9.84 Å². The lowest BCUT2D eigenvalue weighted by atomic mass is 10.2. The summed E-state index contributed by atoms with van der Waals surface area (Å²) in [5.74, 6) is -0.560. The van der Waals surface area contributed by atoms with Crippen LogP contribution in [0.2, 0.25) is 0 Å². The minimum absolute atomic E-state index is 0.0778. The molecule has 0 radical (unpaired) electrons. The molecule has 7 heteroatoms. The summed E-state index contributed by atoms with van der Waals surface area (Å²) in [6.07, 6.45) is -0.875. The maximum atomic E-state index is 13.3. The minimum Gasteiger partial charge on any atom is -0.441 e. The van der Waals surface area contributed by atoms with Gasteiger partial charge in [0, 0.05) is 11.6 Å². The SMILES string of the molecule is CC(C)(C)OC(=O)N=Nc1cc(F)c(Br)cc1CO. The first kappa shape index (κ1) is 15.7. The molecule has 0 saturated carbocycles. The van der Waals surface area contributed by atoms with Gasteiger partial charge in [0.1, 0.15) is 11.4 Å². The molecule has 0 heterocycles. The third-order valence-electron chi connectivity index (χ3n) is 1.92. The molecule has 0 aliphatic rings. The number of halogens is 2. The molecule has 1 aromatic rings. The van der Waals surface area contributed by atoms with E-state index >= 15 is 0 Å². The molecule has 1 rings (SSSR count). The molecule has 0 aromatic heterocycles. The van der Waals surface area contributed by atoms with Crippen molar-refractivity contribution in [2.45, 2.75) is 33.0 Å². The summed E-state index contributed by atoms with van der Waals surface area (Å²) in [5.41, 5.74) is -0.254. The molecule has 0 bridgehead atoms. The Labute approximate surface area is 118 Å². The number of rotatable bonds is 2. The number of carbonyl (C=O) groups is 1. The third kappa shape index (κ3) is 5.04. The van der Waals surface area contributed by atoms with Gasteiger partial charge in [-0.3, -0.25) is 0 Å². The summed E-state index contributed by atoms with van der Waals surface area (Å²) >= 11 is 2.99. The normalized spacial score (nSPS) is 11.9. The summed E-state index contributed by atoms with van der Waals surface area (Å²) < 4.78 is 18.5. The van der Waals surface area contributed by atoms with Crippen LogP contribution in [0.4, 0.5) is 14.9 Å². The zero-order valence-corrected chi connectivity index (χ0v) is 12.4. The van der Waals surface area contributed by atoms with Crippen LogP contribution in [0.1, 0.15) is 26.3 Å². The number of hydrogen-bond donors (Lipinski definition) is 1. The van der Waals surface area contributed by atoms with Gasteiger partial charge >= 0.3 is 6.09 Å². The van der Waals surface area contributed by atoms with E-state index in [0.717, 1.165) is 6.07 Å². The Morgan fingerprint density at radius 3 is 2.63 bits per heavy atom. The predicted octanol–water partition coefficient (Wildman–Crippen LogP) is 4.10. The Kier molecular flexibility index (Phi) is 5.13. The van der Waals surface area contributed by atoms with Crippen LogP contribution in [0, 0.1) is 5.82 Å². The molecule has 0 saturated heterocycles. The Balaban J connectivity index is 2.93. The number of ether oxygens (including phenoxy) is 1. The average molecular weight is 333 g/mol. The second-order valence-electron chi connectivity index (χ2n) is 4.73. The van der Waals surface area contributed by atoms with Crippen molar-refractivity contribution in [2.75, 3.05) is 0 Å². The fraction of sp³-hybridized carbons (Fsp3) is 0.417. The number of aliphatic hydroxyl groups excluding tert-OH is 1. The van der Waals surface area contributed by atoms with E-state index in [0.29, 0.717) is 5.56 Å². The van der Waals surface area contributed by atoms with Crippen LogP contribution in [-0.2, 0) is 11.3 Å². The van der Waals surface area contributed by atoms with Gasteiger partial charge in [-0.1, -0.05) is 5.11 Å². The van der Waals surface area contributed by atoms with Crippen molar-refractivity contribution < 1.29 is 19.0 Å². The van der Waals surface area contributed by atoms with E-state index in [9.17, 15) is 9.18 Å². The maximum Gasteiger partial charge on any atom is 0.452 e. The van der Waals surface area contributed by atoms with Crippen molar-refractivity contribution >= 4 is 27.7 Å². The lowest BCUT2D eigenvalue weighted by Gasteiger charge is -2.16. The van der Waals surface area contributed by atoms with Crippen LogP contribution in [0.15, 0.2) is 26.8 Å². The van der Waals surface area contributed by atoms with Crippen molar-refractivity contribution in [3.05, 3.63) is 28.0 Å². The molecule has 1 N–H and O–H groups in total. The molecule has 0 unspecified atom stereocenters. The topological polar surface area (TPSA) is 71.2 Å². The molecule has 1 aromatic carbocycles. The van der Waals surface area contributed by atoms with Crippen LogP contribution < -0.4 is 0 Å². The number of benzene rings is 1. The molecular weight excluding hydrogens is 319 g/mol. The first-order chi connectivity index (χ1) is 8.73. The molecule has 19 heavy (non-hydrogen) atoms. The monoisotopic (exact) mass is 332 g/mol. The van der Waals surface area contributed by atoms with E-state index in [-0.39, 0.29) is 16.8 Å². The summed E-state index contributed by atoms with van der Waals surface area (Å²) in [5, 5.41) is 16.0. The van der Waals surface area contributed by atoms with Crippen molar-refractivity contribution in [2.24, 2.45) is 10.2 Å². The Morgan fingerprint density at radius 1 is 1.47 bits per heavy atom. The van der Waals surface area contributed by atoms with Crippen LogP contribution in [-0.4, -0.2) is 16.8 Å². The highest BCUT2D eigenvalue weighted by molar-refractivity contribution is 9.10. The largest absolute Gasteiger partial charge is 0.452 e. The van der Waals surface area contributed by atoms with Crippen molar-refractivity contribution in [3.63, 3.8) is 0 Å². The number of azo groups is 1. The van der Waals surface area contributed by atoms with E-state index in [1.807, 2.05) is 0 Å². The fourth-order valence-corrected chi connectivity index (χ4v) is 1.57. The van der Waals surface area contributed by atoms with Gasteiger partial charge in [0.25, 0.3) is 0 Å². The second-order valence-corrected chi connectivity index (χ2v) is 5.59. The smallest absolute Gasteiger partial charge is 0.441 e. The van der Waals surface area contributed by atoms with Gasteiger partial charge < -0.3 is 9.84 Å². The van der Waals surface area contributed by atoms with Gasteiger partial charge in [0.15, 0.2) is 0 Å². The number of carbonyl (C=O) groups excluding carboxylic acids is 1. The highest BCUT2D eigenvalue weighted by atomic mass is 79.9. The van der Waals surface area contributed by atoms with Gasteiger partial charge in [-0.15, -0.1) is 5.11 Å². The summed E-state index contributed by atoms with van der Waals surface area (Å²) in [7, 11) is 0. The van der Waals surface area contributed by atoms with E-state index in [2.05, 4.69) is 26.2 Å². The van der Waals surface area contributed by atoms with Gasteiger partial charge in [0.2, 0.25) is 0 Å². The lowest BCUT2D eigenvalue weighted by Crippen LogP contribution is -2.21. The first-order valence-corrected chi connectivity index (χ1v) is 6.26. The minimum atomic E-state index is -0.875. The van der Waals surface area contributed by atoms with Crippen molar-refractivity contribution in [1.82, 2.24) is 0 Å². The molecular formula is C12H14BrFN2O3. The number of aliphatic hydroxyl groups is 1. The standard InChI is InChI=1S/C12H14BrFN2O3/c1-12(2,3)19-11(18)16-15-10-5-9(14)8(13)4-7(10)6-17/h4-5,17H,6H2,1-3H3. The molecule has 0 aliphatic carbocycles. The van der Waals surface area contributed by atoms with Gasteiger partial charge in [-0.2, -0.15) is 0 Å². The Hall–Kier alpha value is -1.34. The van der Waals surface area contributed by atoms with E-state index in [1.54, 1.807) is 20.8 Å². The van der Waals surface area contributed by atoms with Crippen LogP contribution in [0.25, 0.3) is 0 Å². The summed E-state index contributed by atoms with van der Waals surface area (Å²) in [4.78, 5) is 11.3. The fourth-order valence-electron chi connectivity index (χ4n) is 1.17. The molecule has 0 atom stereocenters. The Bertz CT molecular complexity index is 512. The molecule has 5 nitrogen and oxygen atoms in total. The van der Waals surface area contributed by atoms with E-state index in [1.165, 1.54) is 6.07 Å². The van der Waals surface area contributed by atoms with Gasteiger partial charge in [-0.25, -0.2) is 9.18 Å². The van der Waals surface area contributed by atoms with Crippen molar-refractivity contribution in [1.29, 1.82) is 0 Å². The Morgan fingerprint density at radius 2 is 2.11 bits per heavy atom. The third-order valence-corrected chi connectivity index (χ3v) is 2.53. The molecule has 0 aliphatic heterocycles. The van der Waals surface area contributed by atoms with E-state index < -0.39 is 17.5 Å². The molecule has 104 valence electrons. The zero-order valence-electron chi connectivity index (χ0n) is 10.8. The number of amides is 1. The molecule has 1 amide bonds. The van der Waals surface area contributed by atoms with Gasteiger partial charge in [-0.05, 0) is 42.8 Å². The van der Waals surface area contributed by atoms with Gasteiger partial charge in [0.05, 0.1) is 16.8 Å². The number of nitrogens with zero attached hydrogens (tertiary/aromatic N) is 2. The molecule has 0 spiro atoms. The summed E-state index contributed by atoms with van der Waals surface area (Å²) in [6, 6.07) is 2.45. The quantitative estimate of drug-likeness (QED) is 0.828. The van der Waals surface area contributed by atoms with Crippen molar-refractivity contribution in [3.8, 4) is 0 Å². The van der Waals surface area contributed by atoms with Crippen LogP contribution in [0.5, 0.6) is 0 Å². The highest BCUT2D eigenvalue weighted by Gasteiger charge is 2.16. The lowest BCUT2D eigenvalue weighted by molar-refractivity contribution is 0.0592. The number of hydrogen-bond acceptors (Lipinski definition) is 4. The second kappa shape index (κ2) is 6.21. The zero-order chi connectivity index (χ0) is 14.6. The highest BCUT2D eigenvalue weighted by Crippen LogP contribution is 2.27. The average Bonchev–Trinajstić information content (AvgIpc) is 2.28. The first-order valence-electron chi connectivity index (χ1n) is 5.46. The molecule has 0 fully saturated rings. The van der Waals surface area contributed by atoms with Crippen LogP contribution in [0.3, 0.4) is 0 Å². The summed E-state index contributed by atoms with van der Waals surface area (Å²) in [6.45, 7) is 4.73. The predicted molar refractivity (Wildman–Crippen MR) is 70.8 cm³/mol.